The number of nitrogens with zero attached hydrogens (tertiary/aromatic N) is 3. The third-order valence-electron chi connectivity index (χ3n) is 7.10. The number of benzene rings is 2. The maximum atomic E-state index is 13.3. The Labute approximate surface area is 232 Å². The van der Waals surface area contributed by atoms with E-state index in [0.717, 1.165) is 17.8 Å². The summed E-state index contributed by atoms with van der Waals surface area (Å²) in [7, 11) is 1.49. The Kier molecular flexibility index (Phi) is 8.18. The van der Waals surface area contributed by atoms with Gasteiger partial charge in [-0.3, -0.25) is 14.4 Å². The molecule has 0 spiro atoms. The Morgan fingerprint density at radius 3 is 2.75 bits per heavy atom. The molecule has 0 saturated carbocycles. The highest BCUT2D eigenvalue weighted by Crippen LogP contribution is 2.29. The third kappa shape index (κ3) is 6.19. The molecular formula is C29H33N5O6. The minimum Gasteiger partial charge on any atom is -0.493 e. The number of imidazole rings is 1. The topological polar surface area (TPSA) is 124 Å². The molecular weight excluding hydrogens is 514 g/mol. The maximum Gasteiger partial charge on any atom is 0.258 e. The monoisotopic (exact) mass is 547 g/mol. The van der Waals surface area contributed by atoms with E-state index in [9.17, 15) is 14.4 Å². The van der Waals surface area contributed by atoms with E-state index in [-0.39, 0.29) is 30.1 Å². The minimum atomic E-state index is -0.456. The van der Waals surface area contributed by atoms with Gasteiger partial charge in [0.1, 0.15) is 17.7 Å². The molecule has 2 atom stereocenters. The van der Waals surface area contributed by atoms with Gasteiger partial charge in [-0.25, -0.2) is 4.98 Å². The second-order valence-electron chi connectivity index (χ2n) is 9.75. The Bertz CT molecular complexity index is 1370. The second-order valence-corrected chi connectivity index (χ2v) is 9.75. The van der Waals surface area contributed by atoms with Gasteiger partial charge in [-0.1, -0.05) is 19.1 Å². The van der Waals surface area contributed by atoms with Crippen molar-refractivity contribution in [3.05, 3.63) is 71.8 Å². The second kappa shape index (κ2) is 12.1. The fourth-order valence-corrected chi connectivity index (χ4v) is 4.91. The zero-order valence-corrected chi connectivity index (χ0v) is 22.6. The van der Waals surface area contributed by atoms with Gasteiger partial charge in [0.15, 0.2) is 18.1 Å². The van der Waals surface area contributed by atoms with E-state index in [0.29, 0.717) is 49.7 Å². The molecule has 40 heavy (non-hydrogen) atoms. The van der Waals surface area contributed by atoms with E-state index in [1.165, 1.54) is 7.11 Å². The van der Waals surface area contributed by atoms with Gasteiger partial charge in [0.05, 0.1) is 19.7 Å². The van der Waals surface area contributed by atoms with Crippen LogP contribution in [0.15, 0.2) is 54.9 Å². The smallest absolute Gasteiger partial charge is 0.258 e. The highest BCUT2D eigenvalue weighted by molar-refractivity contribution is 5.95. The number of aromatic nitrogens is 2. The molecule has 3 amide bonds. The number of carbonyl (C=O) groups excluding carboxylic acids is 3. The maximum absolute atomic E-state index is 13.3. The number of amides is 3. The number of rotatable bonds is 5. The molecule has 0 aliphatic carbocycles. The van der Waals surface area contributed by atoms with Gasteiger partial charge in [-0.2, -0.15) is 0 Å². The van der Waals surface area contributed by atoms with Crippen molar-refractivity contribution in [1.82, 2.24) is 25.1 Å². The summed E-state index contributed by atoms with van der Waals surface area (Å²) in [6, 6.07) is 11.7. The molecule has 3 aromatic rings. The lowest BCUT2D eigenvalue weighted by Gasteiger charge is -2.21. The van der Waals surface area contributed by atoms with Crippen molar-refractivity contribution in [1.29, 1.82) is 0 Å². The van der Waals surface area contributed by atoms with Crippen LogP contribution in [0, 0.1) is 0 Å². The molecule has 11 nitrogen and oxygen atoms in total. The number of aryl methyl sites for hydroxylation is 2. The van der Waals surface area contributed by atoms with Gasteiger partial charge in [-0.15, -0.1) is 0 Å². The molecule has 1 fully saturated rings. The van der Waals surface area contributed by atoms with Gasteiger partial charge < -0.3 is 34.3 Å². The molecule has 1 saturated heterocycles. The fourth-order valence-electron chi connectivity index (χ4n) is 4.91. The van der Waals surface area contributed by atoms with Crippen molar-refractivity contribution in [2.24, 2.45) is 0 Å². The van der Waals surface area contributed by atoms with Crippen molar-refractivity contribution in [3.8, 4) is 17.2 Å². The van der Waals surface area contributed by atoms with Crippen LogP contribution in [0.5, 0.6) is 17.2 Å². The molecule has 4 heterocycles. The predicted molar refractivity (Wildman–Crippen MR) is 145 cm³/mol. The summed E-state index contributed by atoms with van der Waals surface area (Å²) in [5.74, 6) is 1.55. The van der Waals surface area contributed by atoms with Crippen LogP contribution < -0.4 is 24.8 Å². The molecule has 1 aromatic heterocycles. The lowest BCUT2D eigenvalue weighted by Crippen LogP contribution is -2.45. The molecule has 2 aromatic carbocycles. The van der Waals surface area contributed by atoms with Gasteiger partial charge >= 0.3 is 0 Å². The van der Waals surface area contributed by atoms with Crippen molar-refractivity contribution in [2.75, 3.05) is 26.8 Å². The molecule has 0 unspecified atom stereocenters. The molecule has 2 N–H and O–H groups in total. The predicted octanol–water partition coefficient (Wildman–Crippen LogP) is 1.94. The summed E-state index contributed by atoms with van der Waals surface area (Å²) in [6.07, 6.45) is 4.27. The SMILES string of the molecule is CCc1nccn1CCC(=O)N1C[C@@H]2NC(=O)c3ccc(OC)c(c3)OCC(=O)NCc3ccc(cc3)O[C@H]2C1. The summed E-state index contributed by atoms with van der Waals surface area (Å²) >= 11 is 0. The van der Waals surface area contributed by atoms with Gasteiger partial charge in [0.2, 0.25) is 5.91 Å². The fraction of sp³-hybridized carbons (Fsp3) is 0.379. The van der Waals surface area contributed by atoms with Crippen LogP contribution >= 0.6 is 0 Å². The summed E-state index contributed by atoms with van der Waals surface area (Å²) < 4.78 is 19.3. The largest absolute Gasteiger partial charge is 0.493 e. The summed E-state index contributed by atoms with van der Waals surface area (Å²) in [6.45, 7) is 3.31. The zero-order chi connectivity index (χ0) is 28.1. The third-order valence-corrected chi connectivity index (χ3v) is 7.10. The number of hydrogen-bond acceptors (Lipinski definition) is 7. The highest BCUT2D eigenvalue weighted by Gasteiger charge is 2.38. The molecule has 3 aliphatic rings. The number of likely N-dealkylation sites (tertiary alicyclic amines) is 1. The standard InChI is InChI=1S/C29H33N5O6/c1-3-26-30-11-13-33(26)12-10-28(36)34-16-22-25(17-34)40-21-7-4-19(5-8-21)15-31-27(35)18-39-24-14-20(29(37)32-22)6-9-23(24)38-2/h4-9,11,13-14,22,25H,3,10,12,15-18H2,1-2H3,(H,31,35)(H,32,37)/t22-,25-/m0/s1. The van der Waals surface area contributed by atoms with E-state index in [4.69, 9.17) is 14.2 Å². The van der Waals surface area contributed by atoms with Crippen LogP contribution in [0.25, 0.3) is 0 Å². The molecule has 210 valence electrons. The zero-order valence-electron chi connectivity index (χ0n) is 22.6. The Hall–Kier alpha value is -4.54. The van der Waals surface area contributed by atoms with Crippen LogP contribution in [-0.4, -0.2) is 71.1 Å². The van der Waals surface area contributed by atoms with Crippen LogP contribution in [0.3, 0.4) is 0 Å². The average molecular weight is 548 g/mol. The first-order chi connectivity index (χ1) is 19.4. The number of ether oxygens (including phenoxy) is 3. The first-order valence-corrected chi connectivity index (χ1v) is 13.3. The average Bonchev–Trinajstić information content (AvgIpc) is 3.60. The molecule has 6 rings (SSSR count). The van der Waals surface area contributed by atoms with Crippen molar-refractivity contribution in [3.63, 3.8) is 0 Å². The first kappa shape index (κ1) is 27.0. The Balaban J connectivity index is 1.37. The van der Waals surface area contributed by atoms with Crippen molar-refractivity contribution in [2.45, 2.75) is 45.0 Å². The molecule has 4 bridgehead atoms. The Morgan fingerprint density at radius 1 is 1.15 bits per heavy atom. The molecule has 3 aliphatic heterocycles. The lowest BCUT2D eigenvalue weighted by atomic mass is 10.1. The number of hydrogen-bond donors (Lipinski definition) is 2. The first-order valence-electron chi connectivity index (χ1n) is 13.3. The quantitative estimate of drug-likeness (QED) is 0.500. The summed E-state index contributed by atoms with van der Waals surface area (Å²) in [5.41, 5.74) is 1.23. The number of carbonyl (C=O) groups is 3. The van der Waals surface area contributed by atoms with Gasteiger partial charge in [-0.05, 0) is 35.9 Å². The van der Waals surface area contributed by atoms with Crippen LogP contribution in [-0.2, 0) is 29.1 Å². The van der Waals surface area contributed by atoms with Crippen LogP contribution in [0.1, 0.15) is 35.1 Å². The lowest BCUT2D eigenvalue weighted by molar-refractivity contribution is -0.130. The highest BCUT2D eigenvalue weighted by atomic mass is 16.5. The number of nitrogens with one attached hydrogen (secondary N) is 2. The van der Waals surface area contributed by atoms with Crippen LogP contribution in [0.4, 0.5) is 0 Å². The molecule has 0 radical (unpaired) electrons. The van der Waals surface area contributed by atoms with Gasteiger partial charge in [0, 0.05) is 50.4 Å². The van der Waals surface area contributed by atoms with Crippen molar-refractivity contribution < 1.29 is 28.6 Å². The number of fused-ring (bicyclic) bond motifs is 7. The Morgan fingerprint density at radius 2 is 1.98 bits per heavy atom. The van der Waals surface area contributed by atoms with E-state index in [1.54, 1.807) is 29.3 Å². The van der Waals surface area contributed by atoms with E-state index >= 15 is 0 Å². The van der Waals surface area contributed by atoms with Crippen molar-refractivity contribution >= 4 is 17.7 Å². The van der Waals surface area contributed by atoms with E-state index < -0.39 is 12.1 Å². The van der Waals surface area contributed by atoms with Gasteiger partial charge in [0.25, 0.3) is 11.8 Å². The minimum absolute atomic E-state index is 0.0190. The normalized spacial score (nSPS) is 19.1. The van der Waals surface area contributed by atoms with E-state index in [1.807, 2.05) is 42.0 Å². The summed E-state index contributed by atoms with van der Waals surface area (Å²) in [4.78, 5) is 44.9. The van der Waals surface area contributed by atoms with E-state index in [2.05, 4.69) is 15.6 Å². The van der Waals surface area contributed by atoms with Crippen LogP contribution in [0.2, 0.25) is 0 Å². The summed E-state index contributed by atoms with van der Waals surface area (Å²) in [5, 5.41) is 5.86. The number of methoxy groups -OCH3 is 1. The molecule has 11 heteroatoms.